The van der Waals surface area contributed by atoms with Gasteiger partial charge in [0, 0.05) is 19.2 Å². The molecule has 0 aliphatic carbocycles. The molecule has 5 heteroatoms. The van der Waals surface area contributed by atoms with Gasteiger partial charge in [0.15, 0.2) is 0 Å². The van der Waals surface area contributed by atoms with Crippen molar-refractivity contribution in [3.05, 3.63) is 0 Å². The smallest absolute Gasteiger partial charge is 0.246 e. The molecule has 1 aliphatic heterocycles. The highest BCUT2D eigenvalue weighted by atomic mass is 16.5. The number of nitrogens with one attached hydrogen (secondary N) is 1. The maximum absolute atomic E-state index is 11.7. The summed E-state index contributed by atoms with van der Waals surface area (Å²) in [6, 6.07) is 0.150. The Labute approximate surface area is 109 Å². The Balaban J connectivity index is 2.36. The highest BCUT2D eigenvalue weighted by Crippen LogP contribution is 2.22. The second-order valence-electron chi connectivity index (χ2n) is 5.43. The van der Waals surface area contributed by atoms with Crippen LogP contribution in [-0.4, -0.2) is 43.9 Å². The SMILES string of the molecule is CC(C)C(C)NC(=O)COC1(CN)CCCOC1. The highest BCUT2D eigenvalue weighted by molar-refractivity contribution is 5.77. The summed E-state index contributed by atoms with van der Waals surface area (Å²) in [5, 5.41) is 2.91. The molecule has 0 radical (unpaired) electrons. The van der Waals surface area contributed by atoms with Crippen molar-refractivity contribution in [2.75, 3.05) is 26.4 Å². The van der Waals surface area contributed by atoms with E-state index in [1.54, 1.807) is 0 Å². The van der Waals surface area contributed by atoms with Gasteiger partial charge < -0.3 is 20.5 Å². The lowest BCUT2D eigenvalue weighted by molar-refractivity contribution is -0.147. The lowest BCUT2D eigenvalue weighted by Crippen LogP contribution is -2.50. The van der Waals surface area contributed by atoms with Crippen LogP contribution in [0.5, 0.6) is 0 Å². The minimum absolute atomic E-state index is 0.0532. The summed E-state index contributed by atoms with van der Waals surface area (Å²) in [6.07, 6.45) is 1.79. The van der Waals surface area contributed by atoms with Crippen molar-refractivity contribution in [2.24, 2.45) is 11.7 Å². The predicted molar refractivity (Wildman–Crippen MR) is 70.2 cm³/mol. The van der Waals surface area contributed by atoms with Gasteiger partial charge in [-0.1, -0.05) is 13.8 Å². The average Bonchev–Trinajstić information content (AvgIpc) is 2.37. The van der Waals surface area contributed by atoms with Crippen LogP contribution in [0.25, 0.3) is 0 Å². The predicted octanol–water partition coefficient (Wildman–Crippen LogP) is 0.672. The van der Waals surface area contributed by atoms with E-state index >= 15 is 0 Å². The van der Waals surface area contributed by atoms with Crippen molar-refractivity contribution in [2.45, 2.75) is 45.3 Å². The summed E-state index contributed by atoms with van der Waals surface area (Å²) in [6.45, 7) is 7.81. The zero-order valence-corrected chi connectivity index (χ0v) is 11.7. The molecule has 1 heterocycles. The van der Waals surface area contributed by atoms with E-state index in [9.17, 15) is 4.79 Å². The lowest BCUT2D eigenvalue weighted by Gasteiger charge is -2.35. The highest BCUT2D eigenvalue weighted by Gasteiger charge is 2.33. The summed E-state index contributed by atoms with van der Waals surface area (Å²) >= 11 is 0. The van der Waals surface area contributed by atoms with E-state index in [1.165, 1.54) is 0 Å². The van der Waals surface area contributed by atoms with Crippen molar-refractivity contribution in [3.63, 3.8) is 0 Å². The van der Waals surface area contributed by atoms with Crippen molar-refractivity contribution >= 4 is 5.91 Å². The number of rotatable bonds is 6. The standard InChI is InChI=1S/C13H26N2O3/c1-10(2)11(3)15-12(16)7-18-13(8-14)5-4-6-17-9-13/h10-11H,4-9,14H2,1-3H3,(H,15,16). The Morgan fingerprint density at radius 1 is 1.50 bits per heavy atom. The van der Waals surface area contributed by atoms with Crippen LogP contribution in [-0.2, 0) is 14.3 Å². The van der Waals surface area contributed by atoms with Crippen molar-refractivity contribution in [1.29, 1.82) is 0 Å². The third-order valence-corrected chi connectivity index (χ3v) is 3.56. The topological polar surface area (TPSA) is 73.6 Å². The molecule has 106 valence electrons. The van der Waals surface area contributed by atoms with E-state index in [1.807, 2.05) is 6.92 Å². The van der Waals surface area contributed by atoms with Crippen LogP contribution in [0.4, 0.5) is 0 Å². The molecular formula is C13H26N2O3. The maximum Gasteiger partial charge on any atom is 0.246 e. The fraction of sp³-hybridized carbons (Fsp3) is 0.923. The molecule has 1 amide bonds. The molecule has 5 nitrogen and oxygen atoms in total. The molecule has 1 aliphatic rings. The van der Waals surface area contributed by atoms with Gasteiger partial charge in [-0.3, -0.25) is 4.79 Å². The third kappa shape index (κ3) is 4.55. The minimum Gasteiger partial charge on any atom is -0.378 e. The molecule has 0 aromatic heterocycles. The molecule has 2 unspecified atom stereocenters. The van der Waals surface area contributed by atoms with Crippen LogP contribution in [0, 0.1) is 5.92 Å². The summed E-state index contributed by atoms with van der Waals surface area (Å²) in [5.74, 6) is 0.324. The van der Waals surface area contributed by atoms with Gasteiger partial charge in [-0.15, -0.1) is 0 Å². The first kappa shape index (κ1) is 15.4. The summed E-state index contributed by atoms with van der Waals surface area (Å²) in [4.78, 5) is 11.7. The van der Waals surface area contributed by atoms with Crippen LogP contribution < -0.4 is 11.1 Å². The van der Waals surface area contributed by atoms with Gasteiger partial charge in [-0.25, -0.2) is 0 Å². The quantitative estimate of drug-likeness (QED) is 0.734. The largest absolute Gasteiger partial charge is 0.378 e. The molecule has 0 spiro atoms. The van der Waals surface area contributed by atoms with E-state index in [0.29, 0.717) is 19.1 Å². The molecule has 0 aromatic rings. The van der Waals surface area contributed by atoms with E-state index in [4.69, 9.17) is 15.2 Å². The van der Waals surface area contributed by atoms with Crippen LogP contribution >= 0.6 is 0 Å². The van der Waals surface area contributed by atoms with Crippen LogP contribution in [0.15, 0.2) is 0 Å². The molecule has 3 N–H and O–H groups in total. The van der Waals surface area contributed by atoms with E-state index in [-0.39, 0.29) is 18.6 Å². The van der Waals surface area contributed by atoms with Crippen molar-refractivity contribution in [1.82, 2.24) is 5.32 Å². The van der Waals surface area contributed by atoms with Gasteiger partial charge in [-0.05, 0) is 25.7 Å². The van der Waals surface area contributed by atoms with Gasteiger partial charge in [0.05, 0.1) is 6.61 Å². The van der Waals surface area contributed by atoms with Crippen LogP contribution in [0.2, 0.25) is 0 Å². The average molecular weight is 258 g/mol. The summed E-state index contributed by atoms with van der Waals surface area (Å²) < 4.78 is 11.1. The molecule has 1 rings (SSSR count). The third-order valence-electron chi connectivity index (χ3n) is 3.56. The van der Waals surface area contributed by atoms with Crippen molar-refractivity contribution < 1.29 is 14.3 Å². The number of hydrogen-bond donors (Lipinski definition) is 2. The minimum atomic E-state index is -0.476. The normalized spacial score (nSPS) is 26.1. The Hall–Kier alpha value is -0.650. The molecule has 2 atom stereocenters. The molecular weight excluding hydrogens is 232 g/mol. The molecule has 0 bridgehead atoms. The van der Waals surface area contributed by atoms with Crippen LogP contribution in [0.3, 0.4) is 0 Å². The Kier molecular flexibility index (Phi) is 6.05. The van der Waals surface area contributed by atoms with E-state index in [0.717, 1.165) is 19.4 Å². The second-order valence-corrected chi connectivity index (χ2v) is 5.43. The van der Waals surface area contributed by atoms with Gasteiger partial charge in [0.2, 0.25) is 5.91 Å². The van der Waals surface area contributed by atoms with Gasteiger partial charge in [-0.2, -0.15) is 0 Å². The molecule has 0 aromatic carbocycles. The summed E-state index contributed by atoms with van der Waals surface area (Å²) in [7, 11) is 0. The zero-order valence-electron chi connectivity index (χ0n) is 11.7. The number of ether oxygens (including phenoxy) is 2. The van der Waals surface area contributed by atoms with Crippen LogP contribution in [0.1, 0.15) is 33.6 Å². The Morgan fingerprint density at radius 3 is 2.72 bits per heavy atom. The lowest BCUT2D eigenvalue weighted by atomic mass is 9.96. The monoisotopic (exact) mass is 258 g/mol. The first-order valence-electron chi connectivity index (χ1n) is 6.70. The fourth-order valence-electron chi connectivity index (χ4n) is 1.84. The second kappa shape index (κ2) is 7.07. The van der Waals surface area contributed by atoms with E-state index < -0.39 is 5.60 Å². The first-order valence-corrected chi connectivity index (χ1v) is 6.70. The molecule has 18 heavy (non-hydrogen) atoms. The molecule has 1 saturated heterocycles. The fourth-order valence-corrected chi connectivity index (χ4v) is 1.84. The van der Waals surface area contributed by atoms with E-state index in [2.05, 4.69) is 19.2 Å². The molecule has 1 fully saturated rings. The maximum atomic E-state index is 11.7. The number of amides is 1. The Morgan fingerprint density at radius 2 is 2.22 bits per heavy atom. The molecule has 0 saturated carbocycles. The number of nitrogens with two attached hydrogens (primary N) is 1. The van der Waals surface area contributed by atoms with Crippen molar-refractivity contribution in [3.8, 4) is 0 Å². The summed E-state index contributed by atoms with van der Waals surface area (Å²) in [5.41, 5.74) is 5.26. The zero-order chi connectivity index (χ0) is 13.6. The number of carbonyl (C=O) groups is 1. The Bertz CT molecular complexity index is 263. The number of hydrogen-bond acceptors (Lipinski definition) is 4. The number of carbonyl (C=O) groups excluding carboxylic acids is 1. The first-order chi connectivity index (χ1) is 8.49. The van der Waals surface area contributed by atoms with Gasteiger partial charge in [0.1, 0.15) is 12.2 Å². The van der Waals surface area contributed by atoms with Gasteiger partial charge in [0.25, 0.3) is 0 Å². The van der Waals surface area contributed by atoms with Gasteiger partial charge >= 0.3 is 0 Å².